The first-order valence-electron chi connectivity index (χ1n) is 7.22. The summed E-state index contributed by atoms with van der Waals surface area (Å²) in [6.07, 6.45) is 1.48. The number of ether oxygens (including phenoxy) is 3. The Morgan fingerprint density at radius 2 is 1.84 bits per heavy atom. The van der Waals surface area contributed by atoms with E-state index in [-0.39, 0.29) is 17.2 Å². The number of methoxy groups -OCH3 is 2. The molecular weight excluding hydrogens is 332 g/mol. The molecule has 0 saturated heterocycles. The standard InChI is InChI=1S/C18H13F2NO4/c1-23-12-5-3-10(16(9-12)24-2)8-15-18(22)25-17(21-15)11-4-6-13(19)14(20)7-11/h3-9H,1-2H3/b15-8+. The van der Waals surface area contributed by atoms with Crippen LogP contribution in [0.15, 0.2) is 47.1 Å². The molecule has 128 valence electrons. The monoisotopic (exact) mass is 345 g/mol. The molecule has 3 rings (SSSR count). The number of esters is 1. The fraction of sp³-hybridized carbons (Fsp3) is 0.111. The summed E-state index contributed by atoms with van der Waals surface area (Å²) in [4.78, 5) is 16.1. The summed E-state index contributed by atoms with van der Waals surface area (Å²) < 4.78 is 41.7. The van der Waals surface area contributed by atoms with E-state index < -0.39 is 17.6 Å². The number of aliphatic imine (C=N–C) groups is 1. The highest BCUT2D eigenvalue weighted by molar-refractivity contribution is 6.12. The van der Waals surface area contributed by atoms with Gasteiger partial charge in [-0.25, -0.2) is 18.6 Å². The van der Waals surface area contributed by atoms with E-state index in [1.54, 1.807) is 18.2 Å². The van der Waals surface area contributed by atoms with Gasteiger partial charge in [0.2, 0.25) is 5.90 Å². The molecule has 0 fully saturated rings. The van der Waals surface area contributed by atoms with Gasteiger partial charge in [0.15, 0.2) is 17.3 Å². The lowest BCUT2D eigenvalue weighted by molar-refractivity contribution is -0.129. The van der Waals surface area contributed by atoms with Crippen LogP contribution in [-0.4, -0.2) is 26.1 Å². The van der Waals surface area contributed by atoms with Crippen LogP contribution in [0.2, 0.25) is 0 Å². The molecule has 0 bridgehead atoms. The third kappa shape index (κ3) is 3.35. The van der Waals surface area contributed by atoms with Crippen molar-refractivity contribution in [3.8, 4) is 11.5 Å². The minimum absolute atomic E-state index is 0.0169. The number of nitrogens with zero attached hydrogens (tertiary/aromatic N) is 1. The van der Waals surface area contributed by atoms with Crippen molar-refractivity contribution in [2.45, 2.75) is 0 Å². The van der Waals surface area contributed by atoms with E-state index in [0.717, 1.165) is 12.1 Å². The molecule has 1 aliphatic rings. The van der Waals surface area contributed by atoms with Crippen LogP contribution < -0.4 is 9.47 Å². The number of hydrogen-bond acceptors (Lipinski definition) is 5. The zero-order chi connectivity index (χ0) is 18.0. The molecule has 0 unspecified atom stereocenters. The number of cyclic esters (lactones) is 1. The van der Waals surface area contributed by atoms with Gasteiger partial charge in [-0.05, 0) is 36.4 Å². The van der Waals surface area contributed by atoms with Crippen molar-refractivity contribution in [2.75, 3.05) is 14.2 Å². The lowest BCUT2D eigenvalue weighted by atomic mass is 10.1. The smallest absolute Gasteiger partial charge is 0.363 e. The highest BCUT2D eigenvalue weighted by atomic mass is 19.2. The summed E-state index contributed by atoms with van der Waals surface area (Å²) in [5.41, 5.74) is 0.770. The van der Waals surface area contributed by atoms with Crippen LogP contribution in [0.25, 0.3) is 6.08 Å². The Balaban J connectivity index is 1.97. The Labute approximate surface area is 142 Å². The van der Waals surface area contributed by atoms with Crippen LogP contribution in [0, 0.1) is 11.6 Å². The molecule has 0 N–H and O–H groups in total. The molecule has 5 nitrogen and oxygen atoms in total. The van der Waals surface area contributed by atoms with Crippen molar-refractivity contribution in [2.24, 2.45) is 4.99 Å². The number of benzene rings is 2. The van der Waals surface area contributed by atoms with Gasteiger partial charge in [-0.2, -0.15) is 0 Å². The highest BCUT2D eigenvalue weighted by Crippen LogP contribution is 2.28. The van der Waals surface area contributed by atoms with Gasteiger partial charge in [0, 0.05) is 17.2 Å². The molecule has 0 saturated carbocycles. The van der Waals surface area contributed by atoms with Crippen molar-refractivity contribution >= 4 is 17.9 Å². The van der Waals surface area contributed by atoms with Crippen molar-refractivity contribution in [3.63, 3.8) is 0 Å². The van der Waals surface area contributed by atoms with E-state index in [0.29, 0.717) is 17.1 Å². The normalized spacial score (nSPS) is 15.1. The van der Waals surface area contributed by atoms with Gasteiger partial charge in [-0.3, -0.25) is 0 Å². The highest BCUT2D eigenvalue weighted by Gasteiger charge is 2.25. The second-order valence-corrected chi connectivity index (χ2v) is 5.07. The Bertz CT molecular complexity index is 906. The van der Waals surface area contributed by atoms with Gasteiger partial charge in [0.25, 0.3) is 0 Å². The Morgan fingerprint density at radius 3 is 2.52 bits per heavy atom. The van der Waals surface area contributed by atoms with Gasteiger partial charge < -0.3 is 14.2 Å². The summed E-state index contributed by atoms with van der Waals surface area (Å²) in [7, 11) is 3.01. The molecule has 2 aromatic carbocycles. The third-order valence-corrected chi connectivity index (χ3v) is 3.52. The minimum atomic E-state index is -1.05. The Kier molecular flexibility index (Phi) is 4.47. The maximum Gasteiger partial charge on any atom is 0.363 e. The molecule has 0 aromatic heterocycles. The average molecular weight is 345 g/mol. The molecule has 1 aliphatic heterocycles. The van der Waals surface area contributed by atoms with E-state index in [9.17, 15) is 13.6 Å². The van der Waals surface area contributed by atoms with Crippen LogP contribution in [0.4, 0.5) is 8.78 Å². The lowest BCUT2D eigenvalue weighted by Crippen LogP contribution is -2.06. The second kappa shape index (κ2) is 6.72. The molecule has 0 aliphatic carbocycles. The number of carbonyl (C=O) groups excluding carboxylic acids is 1. The maximum absolute atomic E-state index is 13.3. The number of carbonyl (C=O) groups is 1. The molecule has 2 aromatic rings. The molecule has 0 atom stereocenters. The molecule has 0 radical (unpaired) electrons. The first-order chi connectivity index (χ1) is 12.0. The van der Waals surface area contributed by atoms with Gasteiger partial charge >= 0.3 is 5.97 Å². The number of rotatable bonds is 4. The molecule has 7 heteroatoms. The Hall–Kier alpha value is -3.22. The predicted octanol–water partition coefficient (Wildman–Crippen LogP) is 3.33. The van der Waals surface area contributed by atoms with E-state index in [4.69, 9.17) is 14.2 Å². The van der Waals surface area contributed by atoms with Crippen LogP contribution in [-0.2, 0) is 9.53 Å². The predicted molar refractivity (Wildman–Crippen MR) is 86.5 cm³/mol. The van der Waals surface area contributed by atoms with Crippen LogP contribution in [0.5, 0.6) is 11.5 Å². The van der Waals surface area contributed by atoms with E-state index in [1.165, 1.54) is 26.4 Å². The minimum Gasteiger partial charge on any atom is -0.497 e. The van der Waals surface area contributed by atoms with Crippen molar-refractivity contribution in [3.05, 3.63) is 64.9 Å². The molecular formula is C18H13F2NO4. The summed E-state index contributed by atoms with van der Waals surface area (Å²) in [5, 5.41) is 0. The topological polar surface area (TPSA) is 57.1 Å². The molecule has 25 heavy (non-hydrogen) atoms. The van der Waals surface area contributed by atoms with Gasteiger partial charge in [-0.1, -0.05) is 0 Å². The number of halogens is 2. The quantitative estimate of drug-likeness (QED) is 0.630. The van der Waals surface area contributed by atoms with Crippen molar-refractivity contribution in [1.29, 1.82) is 0 Å². The first-order valence-corrected chi connectivity index (χ1v) is 7.22. The van der Waals surface area contributed by atoms with Gasteiger partial charge in [0.05, 0.1) is 14.2 Å². The largest absolute Gasteiger partial charge is 0.497 e. The zero-order valence-electron chi connectivity index (χ0n) is 13.4. The zero-order valence-corrected chi connectivity index (χ0v) is 13.4. The van der Waals surface area contributed by atoms with E-state index >= 15 is 0 Å². The molecule has 0 spiro atoms. The van der Waals surface area contributed by atoms with Crippen LogP contribution >= 0.6 is 0 Å². The Morgan fingerprint density at radius 1 is 1.04 bits per heavy atom. The summed E-state index contributed by atoms with van der Waals surface area (Å²) >= 11 is 0. The molecule has 0 amide bonds. The van der Waals surface area contributed by atoms with Crippen LogP contribution in [0.1, 0.15) is 11.1 Å². The van der Waals surface area contributed by atoms with Crippen molar-refractivity contribution in [1.82, 2.24) is 0 Å². The average Bonchev–Trinajstić information content (AvgIpc) is 2.98. The second-order valence-electron chi connectivity index (χ2n) is 5.07. The fourth-order valence-corrected chi connectivity index (χ4v) is 2.25. The summed E-state index contributed by atoms with van der Waals surface area (Å²) in [6, 6.07) is 8.19. The van der Waals surface area contributed by atoms with Gasteiger partial charge in [0.1, 0.15) is 11.5 Å². The third-order valence-electron chi connectivity index (χ3n) is 3.52. The lowest BCUT2D eigenvalue weighted by Gasteiger charge is -2.07. The van der Waals surface area contributed by atoms with E-state index in [1.807, 2.05) is 0 Å². The van der Waals surface area contributed by atoms with Crippen molar-refractivity contribution < 1.29 is 27.8 Å². The SMILES string of the molecule is COc1ccc(/C=C2/N=C(c3ccc(F)c(F)c3)OC2=O)c(OC)c1. The maximum atomic E-state index is 13.3. The van der Waals surface area contributed by atoms with E-state index in [2.05, 4.69) is 4.99 Å². The van der Waals surface area contributed by atoms with Crippen LogP contribution in [0.3, 0.4) is 0 Å². The fourth-order valence-electron chi connectivity index (χ4n) is 2.25. The summed E-state index contributed by atoms with van der Waals surface area (Å²) in [5.74, 6) is -1.76. The summed E-state index contributed by atoms with van der Waals surface area (Å²) in [6.45, 7) is 0. The number of hydrogen-bond donors (Lipinski definition) is 0. The van der Waals surface area contributed by atoms with Gasteiger partial charge in [-0.15, -0.1) is 0 Å². The molecule has 1 heterocycles. The first kappa shape index (κ1) is 16.6.